The quantitative estimate of drug-likeness (QED) is 0.602. The molecule has 13 heteroatoms. The Balaban J connectivity index is 2.14. The predicted molar refractivity (Wildman–Crippen MR) is 83.0 cm³/mol. The van der Waals surface area contributed by atoms with Crippen LogP contribution in [-0.4, -0.2) is 24.3 Å². The average molecular weight is 411 g/mol. The van der Waals surface area contributed by atoms with Crippen LogP contribution in [0.1, 0.15) is 22.5 Å². The van der Waals surface area contributed by atoms with Crippen molar-refractivity contribution in [2.45, 2.75) is 12.4 Å². The molecule has 0 fully saturated rings. The van der Waals surface area contributed by atoms with Crippen molar-refractivity contribution in [2.24, 2.45) is 7.05 Å². The van der Waals surface area contributed by atoms with E-state index in [1.54, 1.807) is 12.1 Å². The minimum Gasteiger partial charge on any atom is -0.302 e. The van der Waals surface area contributed by atoms with E-state index < -0.39 is 34.9 Å². The second-order valence-corrected chi connectivity index (χ2v) is 5.70. The van der Waals surface area contributed by atoms with Crippen LogP contribution in [0.3, 0.4) is 0 Å². The lowest BCUT2D eigenvalue weighted by Crippen LogP contribution is -2.11. The van der Waals surface area contributed by atoms with Gasteiger partial charge in [0.15, 0.2) is 17.2 Å². The largest absolute Gasteiger partial charge is 0.416 e. The van der Waals surface area contributed by atoms with Crippen LogP contribution < -0.4 is 0 Å². The Bertz CT molecular complexity index is 1140. The predicted octanol–water partition coefficient (Wildman–Crippen LogP) is 3.45. The number of aromatic nitrogens is 5. The molecular weight excluding hydrogens is 404 g/mol. The number of alkyl halides is 6. The van der Waals surface area contributed by atoms with Gasteiger partial charge in [0.1, 0.15) is 18.5 Å². The van der Waals surface area contributed by atoms with E-state index in [1.807, 2.05) is 0 Å². The zero-order valence-corrected chi connectivity index (χ0v) is 14.2. The van der Waals surface area contributed by atoms with E-state index in [1.165, 1.54) is 11.6 Å². The molecule has 0 saturated heterocycles. The standard InChI is InChI=1S/C16H7F6N7/c1-28-12(6-24)11(5-23)26-14(28)29-7-25-13(27-29)8-2-9(15(17,18)19)4-10(3-8)16(20,21)22/h2-4,7H,1H3. The van der Waals surface area contributed by atoms with Crippen molar-refractivity contribution in [3.05, 3.63) is 47.0 Å². The monoisotopic (exact) mass is 411 g/mol. The summed E-state index contributed by atoms with van der Waals surface area (Å²) in [6.07, 6.45) is -9.03. The Morgan fingerprint density at radius 1 is 0.931 bits per heavy atom. The van der Waals surface area contributed by atoms with Crippen LogP contribution in [0.2, 0.25) is 0 Å². The number of hydrogen-bond donors (Lipinski definition) is 0. The molecule has 3 rings (SSSR count). The number of hydrogen-bond acceptors (Lipinski definition) is 5. The molecule has 0 amide bonds. The summed E-state index contributed by atoms with van der Waals surface area (Å²) < 4.78 is 80.2. The summed E-state index contributed by atoms with van der Waals surface area (Å²) in [7, 11) is 1.38. The number of benzene rings is 1. The lowest BCUT2D eigenvalue weighted by atomic mass is 10.0. The fraction of sp³-hybridized carbons (Fsp3) is 0.188. The van der Waals surface area contributed by atoms with Crippen molar-refractivity contribution >= 4 is 0 Å². The van der Waals surface area contributed by atoms with Gasteiger partial charge in [-0.05, 0) is 18.2 Å². The summed E-state index contributed by atoms with van der Waals surface area (Å²) in [5, 5.41) is 21.9. The van der Waals surface area contributed by atoms with Gasteiger partial charge in [-0.25, -0.2) is 4.98 Å². The summed E-state index contributed by atoms with van der Waals surface area (Å²) in [4.78, 5) is 7.61. The second kappa shape index (κ2) is 6.63. The lowest BCUT2D eigenvalue weighted by molar-refractivity contribution is -0.143. The van der Waals surface area contributed by atoms with E-state index in [4.69, 9.17) is 10.5 Å². The summed E-state index contributed by atoms with van der Waals surface area (Å²) in [5.41, 5.74) is -3.84. The Labute approximate surface area is 158 Å². The van der Waals surface area contributed by atoms with Gasteiger partial charge in [-0.1, -0.05) is 0 Å². The fourth-order valence-corrected chi connectivity index (χ4v) is 2.47. The van der Waals surface area contributed by atoms with Gasteiger partial charge in [0.2, 0.25) is 5.95 Å². The molecule has 3 aromatic rings. The molecule has 0 radical (unpaired) electrons. The number of rotatable bonds is 2. The molecule has 1 aromatic carbocycles. The fourth-order valence-electron chi connectivity index (χ4n) is 2.47. The molecule has 2 heterocycles. The third-order valence-electron chi connectivity index (χ3n) is 3.83. The van der Waals surface area contributed by atoms with Gasteiger partial charge in [-0.15, -0.1) is 5.10 Å². The van der Waals surface area contributed by atoms with Gasteiger partial charge in [0.05, 0.1) is 11.1 Å². The maximum Gasteiger partial charge on any atom is 0.416 e. The van der Waals surface area contributed by atoms with Gasteiger partial charge in [0.25, 0.3) is 0 Å². The summed E-state index contributed by atoms with van der Waals surface area (Å²) in [5.74, 6) is -0.499. The summed E-state index contributed by atoms with van der Waals surface area (Å²) in [6, 6.07) is 4.44. The molecule has 0 saturated carbocycles. The smallest absolute Gasteiger partial charge is 0.302 e. The van der Waals surface area contributed by atoms with Gasteiger partial charge >= 0.3 is 12.4 Å². The highest BCUT2D eigenvalue weighted by atomic mass is 19.4. The molecule has 0 bridgehead atoms. The van der Waals surface area contributed by atoms with Gasteiger partial charge in [0, 0.05) is 12.6 Å². The number of imidazole rings is 1. The van der Waals surface area contributed by atoms with Crippen LogP contribution in [0.15, 0.2) is 24.5 Å². The Morgan fingerprint density at radius 3 is 1.97 bits per heavy atom. The molecule has 0 aliphatic heterocycles. The van der Waals surface area contributed by atoms with Gasteiger partial charge in [-0.3, -0.25) is 0 Å². The van der Waals surface area contributed by atoms with E-state index in [-0.39, 0.29) is 23.4 Å². The first-order chi connectivity index (χ1) is 13.5. The zero-order valence-electron chi connectivity index (χ0n) is 14.2. The van der Waals surface area contributed by atoms with Crippen LogP contribution in [0.4, 0.5) is 26.3 Å². The maximum atomic E-state index is 13.0. The highest BCUT2D eigenvalue weighted by Gasteiger charge is 2.37. The maximum absolute atomic E-state index is 13.0. The second-order valence-electron chi connectivity index (χ2n) is 5.70. The van der Waals surface area contributed by atoms with Crippen molar-refractivity contribution in [3.63, 3.8) is 0 Å². The Kier molecular flexibility index (Phi) is 4.54. The number of halogens is 6. The van der Waals surface area contributed by atoms with E-state index in [0.717, 1.165) is 11.0 Å². The van der Waals surface area contributed by atoms with Crippen molar-refractivity contribution in [2.75, 3.05) is 0 Å². The van der Waals surface area contributed by atoms with E-state index >= 15 is 0 Å². The average Bonchev–Trinajstić information content (AvgIpc) is 3.24. The highest BCUT2D eigenvalue weighted by Crippen LogP contribution is 2.38. The highest BCUT2D eigenvalue weighted by molar-refractivity contribution is 5.58. The summed E-state index contributed by atoms with van der Waals surface area (Å²) in [6.45, 7) is 0. The number of nitriles is 2. The normalized spacial score (nSPS) is 11.9. The van der Waals surface area contributed by atoms with E-state index in [2.05, 4.69) is 15.1 Å². The van der Waals surface area contributed by atoms with E-state index in [0.29, 0.717) is 12.1 Å². The molecule has 0 unspecified atom stereocenters. The Hall–Kier alpha value is -3.87. The molecular formula is C16H7F6N7. The Morgan fingerprint density at radius 2 is 1.52 bits per heavy atom. The molecule has 0 spiro atoms. The first-order valence-corrected chi connectivity index (χ1v) is 7.54. The van der Waals surface area contributed by atoms with Crippen molar-refractivity contribution < 1.29 is 26.3 Å². The van der Waals surface area contributed by atoms with Crippen LogP contribution in [0, 0.1) is 22.7 Å². The lowest BCUT2D eigenvalue weighted by Gasteiger charge is -2.13. The SMILES string of the molecule is Cn1c(-n2cnc(-c3cc(C(F)(F)F)cc(C(F)(F)F)c3)n2)nc(C#N)c1C#N. The van der Waals surface area contributed by atoms with E-state index in [9.17, 15) is 26.3 Å². The molecule has 0 atom stereocenters. The number of nitrogens with zero attached hydrogens (tertiary/aromatic N) is 7. The molecule has 0 aliphatic rings. The van der Waals surface area contributed by atoms with Crippen molar-refractivity contribution in [1.29, 1.82) is 10.5 Å². The zero-order chi connectivity index (χ0) is 21.6. The molecule has 0 N–H and O–H groups in total. The van der Waals surface area contributed by atoms with Crippen LogP contribution in [-0.2, 0) is 19.4 Å². The third-order valence-corrected chi connectivity index (χ3v) is 3.83. The first kappa shape index (κ1) is 19.9. The van der Waals surface area contributed by atoms with Crippen molar-refractivity contribution in [1.82, 2.24) is 24.3 Å². The molecule has 0 aliphatic carbocycles. The minimum absolute atomic E-state index is 0.00235. The molecule has 29 heavy (non-hydrogen) atoms. The van der Waals surface area contributed by atoms with Crippen LogP contribution in [0.5, 0.6) is 0 Å². The van der Waals surface area contributed by atoms with Crippen molar-refractivity contribution in [3.8, 4) is 29.5 Å². The van der Waals surface area contributed by atoms with Crippen LogP contribution in [0.25, 0.3) is 17.3 Å². The molecule has 148 valence electrons. The minimum atomic E-state index is -5.01. The first-order valence-electron chi connectivity index (χ1n) is 7.54. The van der Waals surface area contributed by atoms with Gasteiger partial charge in [-0.2, -0.15) is 46.5 Å². The van der Waals surface area contributed by atoms with Crippen LogP contribution >= 0.6 is 0 Å². The third kappa shape index (κ3) is 3.62. The topological polar surface area (TPSA) is 96.1 Å². The summed E-state index contributed by atoms with van der Waals surface area (Å²) >= 11 is 0. The molecule has 7 nitrogen and oxygen atoms in total. The molecule has 2 aromatic heterocycles. The van der Waals surface area contributed by atoms with Gasteiger partial charge < -0.3 is 4.57 Å².